The van der Waals surface area contributed by atoms with Crippen LogP contribution in [0.25, 0.3) is 0 Å². The molecular formula is C28H33NO4. The van der Waals surface area contributed by atoms with Gasteiger partial charge in [0.05, 0.1) is 0 Å². The van der Waals surface area contributed by atoms with Gasteiger partial charge in [-0.15, -0.1) is 0 Å². The van der Waals surface area contributed by atoms with E-state index in [-0.39, 0.29) is 18.2 Å². The van der Waals surface area contributed by atoms with Gasteiger partial charge in [-0.3, -0.25) is 9.59 Å². The number of esters is 1. The van der Waals surface area contributed by atoms with E-state index in [2.05, 4.69) is 18.8 Å². The Bertz CT molecular complexity index is 1050. The van der Waals surface area contributed by atoms with Gasteiger partial charge in [0.25, 0.3) is 5.91 Å². The number of likely N-dealkylation sites (N-methyl/N-ethyl adjacent to an activating group) is 1. The van der Waals surface area contributed by atoms with Crippen LogP contribution in [0.2, 0.25) is 0 Å². The van der Waals surface area contributed by atoms with Crippen molar-refractivity contribution in [3.05, 3.63) is 70.8 Å². The Kier molecular flexibility index (Phi) is 8.99. The predicted octanol–water partition coefficient (Wildman–Crippen LogP) is 4.66. The van der Waals surface area contributed by atoms with E-state index in [4.69, 9.17) is 4.74 Å². The number of carbonyl (C=O) groups is 3. The van der Waals surface area contributed by atoms with E-state index >= 15 is 0 Å². The van der Waals surface area contributed by atoms with Crippen LogP contribution in [0.1, 0.15) is 68.1 Å². The Labute approximate surface area is 197 Å². The molecule has 2 aromatic rings. The van der Waals surface area contributed by atoms with Crippen molar-refractivity contribution < 1.29 is 19.1 Å². The minimum Gasteiger partial charge on any atom is -0.459 e. The third-order valence-electron chi connectivity index (χ3n) is 4.77. The lowest BCUT2D eigenvalue weighted by molar-refractivity contribution is -0.155. The van der Waals surface area contributed by atoms with Crippen LogP contribution in [0.3, 0.4) is 0 Å². The number of rotatable bonds is 7. The maximum atomic E-state index is 12.7. The highest BCUT2D eigenvalue weighted by Gasteiger charge is 2.20. The molecule has 0 aliphatic carbocycles. The van der Waals surface area contributed by atoms with Gasteiger partial charge in [-0.05, 0) is 75.9 Å². The second kappa shape index (κ2) is 11.5. The highest BCUT2D eigenvalue weighted by molar-refractivity contribution is 5.96. The van der Waals surface area contributed by atoms with E-state index < -0.39 is 11.6 Å². The van der Waals surface area contributed by atoms with Crippen molar-refractivity contribution in [3.63, 3.8) is 0 Å². The molecule has 174 valence electrons. The van der Waals surface area contributed by atoms with Crippen LogP contribution in [0.4, 0.5) is 0 Å². The summed E-state index contributed by atoms with van der Waals surface area (Å²) in [6, 6.07) is 15.0. The number of benzene rings is 2. The number of amides is 1. The van der Waals surface area contributed by atoms with E-state index in [9.17, 15) is 14.4 Å². The highest BCUT2D eigenvalue weighted by atomic mass is 16.6. The van der Waals surface area contributed by atoms with Gasteiger partial charge in [-0.1, -0.05) is 37.0 Å². The van der Waals surface area contributed by atoms with Crippen molar-refractivity contribution in [3.8, 4) is 11.8 Å². The third kappa shape index (κ3) is 9.33. The van der Waals surface area contributed by atoms with Crippen molar-refractivity contribution in [2.75, 3.05) is 13.6 Å². The van der Waals surface area contributed by atoms with Gasteiger partial charge >= 0.3 is 5.97 Å². The number of ether oxygens (including phenoxy) is 1. The first kappa shape index (κ1) is 25.9. The molecule has 0 aliphatic rings. The van der Waals surface area contributed by atoms with Crippen LogP contribution in [0.15, 0.2) is 48.5 Å². The molecule has 1 unspecified atom stereocenters. The Balaban J connectivity index is 2.03. The minimum absolute atomic E-state index is 0.122. The van der Waals surface area contributed by atoms with Crippen molar-refractivity contribution in [2.24, 2.45) is 5.92 Å². The van der Waals surface area contributed by atoms with Crippen molar-refractivity contribution >= 4 is 17.7 Å². The molecule has 1 atom stereocenters. The molecule has 1 amide bonds. The zero-order valence-corrected chi connectivity index (χ0v) is 20.4. The molecule has 0 spiro atoms. The second-order valence-electron chi connectivity index (χ2n) is 9.49. The number of hydrogen-bond acceptors (Lipinski definition) is 4. The van der Waals surface area contributed by atoms with E-state index in [0.29, 0.717) is 23.5 Å². The van der Waals surface area contributed by atoms with Gasteiger partial charge in [0.1, 0.15) is 17.9 Å². The van der Waals surface area contributed by atoms with E-state index in [1.165, 1.54) is 10.5 Å². The smallest absolute Gasteiger partial charge is 0.326 e. The van der Waals surface area contributed by atoms with Gasteiger partial charge in [-0.2, -0.15) is 0 Å². The number of ketones is 1. The fraction of sp³-hybridized carbons (Fsp3) is 0.393. The molecule has 0 bridgehead atoms. The molecule has 2 rings (SSSR count). The zero-order valence-electron chi connectivity index (χ0n) is 20.4. The summed E-state index contributed by atoms with van der Waals surface area (Å²) in [6.07, 6.45) is 1.44. The van der Waals surface area contributed by atoms with E-state index in [1.54, 1.807) is 52.9 Å². The molecule has 0 fully saturated rings. The zero-order chi connectivity index (χ0) is 24.6. The van der Waals surface area contributed by atoms with E-state index in [1.807, 2.05) is 30.3 Å². The maximum absolute atomic E-state index is 12.7. The molecule has 0 aromatic heterocycles. The van der Waals surface area contributed by atoms with Crippen LogP contribution in [0.5, 0.6) is 0 Å². The lowest BCUT2D eigenvalue weighted by atomic mass is 9.96. The first-order chi connectivity index (χ1) is 15.4. The molecule has 0 saturated carbocycles. The Morgan fingerprint density at radius 2 is 1.64 bits per heavy atom. The Morgan fingerprint density at radius 3 is 2.24 bits per heavy atom. The summed E-state index contributed by atoms with van der Waals surface area (Å²) in [6.45, 7) is 8.95. The Morgan fingerprint density at radius 1 is 1.00 bits per heavy atom. The summed E-state index contributed by atoms with van der Waals surface area (Å²) in [7, 11) is 1.57. The average molecular weight is 448 g/mol. The van der Waals surface area contributed by atoms with Gasteiger partial charge in [0, 0.05) is 30.2 Å². The molecule has 2 aromatic carbocycles. The lowest BCUT2D eigenvalue weighted by Crippen LogP contribution is -2.36. The van der Waals surface area contributed by atoms with E-state index in [0.717, 1.165) is 12.0 Å². The van der Waals surface area contributed by atoms with Gasteiger partial charge in [0.15, 0.2) is 0 Å². The summed E-state index contributed by atoms with van der Waals surface area (Å²) in [5, 5.41) is 0. The predicted molar refractivity (Wildman–Crippen MR) is 130 cm³/mol. The SMILES string of the molecule is CC(=O)CC(C)Cc1ccc(C#Cc2cccc(C(=O)N(C)CC(=O)OC(C)(C)C)c2)cc1. The number of hydrogen-bond donors (Lipinski definition) is 0. The monoisotopic (exact) mass is 447 g/mol. The third-order valence-corrected chi connectivity index (χ3v) is 4.77. The van der Waals surface area contributed by atoms with Crippen LogP contribution in [-0.2, 0) is 20.7 Å². The quantitative estimate of drug-likeness (QED) is 0.458. The van der Waals surface area contributed by atoms with Crippen LogP contribution in [0, 0.1) is 17.8 Å². The summed E-state index contributed by atoms with van der Waals surface area (Å²) in [5.74, 6) is 6.02. The largest absolute Gasteiger partial charge is 0.459 e. The molecule has 0 radical (unpaired) electrons. The molecule has 0 saturated heterocycles. The average Bonchev–Trinajstić information content (AvgIpc) is 2.70. The second-order valence-corrected chi connectivity index (χ2v) is 9.49. The van der Waals surface area contributed by atoms with Crippen molar-refractivity contribution in [2.45, 2.75) is 53.1 Å². The van der Waals surface area contributed by atoms with Gasteiger partial charge in [0.2, 0.25) is 0 Å². The maximum Gasteiger partial charge on any atom is 0.326 e. The van der Waals surface area contributed by atoms with Crippen LogP contribution >= 0.6 is 0 Å². The highest BCUT2D eigenvalue weighted by Crippen LogP contribution is 2.14. The van der Waals surface area contributed by atoms with Gasteiger partial charge < -0.3 is 14.4 Å². The van der Waals surface area contributed by atoms with Crippen molar-refractivity contribution in [1.29, 1.82) is 0 Å². The molecule has 0 N–H and O–H groups in total. The van der Waals surface area contributed by atoms with Crippen LogP contribution < -0.4 is 0 Å². The summed E-state index contributed by atoms with van der Waals surface area (Å²) in [4.78, 5) is 37.3. The summed E-state index contributed by atoms with van der Waals surface area (Å²) in [5.41, 5.74) is 2.63. The number of carbonyl (C=O) groups excluding carboxylic acids is 3. The molecule has 5 nitrogen and oxygen atoms in total. The fourth-order valence-corrected chi connectivity index (χ4v) is 3.42. The van der Waals surface area contributed by atoms with Crippen LogP contribution in [-0.4, -0.2) is 41.8 Å². The van der Waals surface area contributed by atoms with Crippen molar-refractivity contribution in [1.82, 2.24) is 4.90 Å². The number of Topliss-reactive ketones (excluding diaryl/α,β-unsaturated/α-hetero) is 1. The molecule has 0 heterocycles. The Hall–Kier alpha value is -3.39. The molecule has 0 aliphatic heterocycles. The topological polar surface area (TPSA) is 63.7 Å². The first-order valence-corrected chi connectivity index (χ1v) is 11.1. The molecular weight excluding hydrogens is 414 g/mol. The number of nitrogens with zero attached hydrogens (tertiary/aromatic N) is 1. The minimum atomic E-state index is -0.596. The normalized spacial score (nSPS) is 11.7. The first-order valence-electron chi connectivity index (χ1n) is 11.1. The lowest BCUT2D eigenvalue weighted by Gasteiger charge is -2.22. The fourth-order valence-electron chi connectivity index (χ4n) is 3.42. The standard InChI is InChI=1S/C28H33NO4/c1-20(16-21(2)30)17-24-14-11-22(12-15-24)10-13-23-8-7-9-25(18-23)27(32)29(6)19-26(31)33-28(3,4)5/h7-9,11-12,14-15,18,20H,16-17,19H2,1-6H3. The molecule has 5 heteroatoms. The molecule has 33 heavy (non-hydrogen) atoms. The summed E-state index contributed by atoms with van der Waals surface area (Å²) < 4.78 is 5.28. The summed E-state index contributed by atoms with van der Waals surface area (Å²) >= 11 is 0. The van der Waals surface area contributed by atoms with Gasteiger partial charge in [-0.25, -0.2) is 0 Å².